The van der Waals surface area contributed by atoms with Crippen molar-refractivity contribution >= 4 is 17.8 Å². The van der Waals surface area contributed by atoms with Crippen LogP contribution < -0.4 is 5.62 Å². The van der Waals surface area contributed by atoms with Gasteiger partial charge in [0.15, 0.2) is 5.78 Å². The van der Waals surface area contributed by atoms with E-state index in [0.29, 0.717) is 29.7 Å². The summed E-state index contributed by atoms with van der Waals surface area (Å²) >= 11 is 0. The molecule has 2 aromatic rings. The van der Waals surface area contributed by atoms with Crippen LogP contribution in [0.2, 0.25) is 0 Å². The molecule has 1 N–H and O–H groups in total. The van der Waals surface area contributed by atoms with Gasteiger partial charge in [-0.25, -0.2) is 4.79 Å². The lowest BCUT2D eigenvalue weighted by molar-refractivity contribution is -0.161. The lowest BCUT2D eigenvalue weighted by atomic mass is 9.78. The molecular weight excluding hydrogens is 562 g/mol. The highest BCUT2D eigenvalue weighted by atomic mass is 16.7. The molecule has 1 aromatic carbocycles. The maximum Gasteiger partial charge on any atom is 0.439 e. The van der Waals surface area contributed by atoms with Crippen molar-refractivity contribution in [1.82, 2.24) is 9.13 Å². The Morgan fingerprint density at radius 3 is 1.82 bits per heavy atom. The largest absolute Gasteiger partial charge is 0.507 e. The van der Waals surface area contributed by atoms with Crippen LogP contribution in [0, 0.1) is 5.41 Å². The molecule has 0 bridgehead atoms. The molecule has 1 heterocycles. The first-order valence-corrected chi connectivity index (χ1v) is 15.3. The monoisotopic (exact) mass is 615 g/mol. The molecule has 0 aliphatic rings. The average molecular weight is 616 g/mol. The zero-order valence-corrected chi connectivity index (χ0v) is 28.8. The predicted molar refractivity (Wildman–Crippen MR) is 170 cm³/mol. The minimum Gasteiger partial charge on any atom is -0.507 e. The number of phenolic OH excluding ortho intramolecular Hbond substituents is 1. The topological polar surface area (TPSA) is 121 Å². The minimum atomic E-state index is -0.952. The molecule has 0 saturated carbocycles. The van der Waals surface area contributed by atoms with Crippen molar-refractivity contribution in [2.45, 2.75) is 125 Å². The smallest absolute Gasteiger partial charge is 0.439 e. The fourth-order valence-electron chi connectivity index (χ4n) is 4.85. The Labute approximate surface area is 262 Å². The molecule has 10 nitrogen and oxygen atoms in total. The number of methoxy groups -OCH3 is 1. The number of hydrogen-bond donors (Lipinski definition) is 1. The van der Waals surface area contributed by atoms with Crippen molar-refractivity contribution in [2.75, 3.05) is 13.9 Å². The zero-order valence-electron chi connectivity index (χ0n) is 28.8. The normalized spacial score (nSPS) is 13.2. The van der Waals surface area contributed by atoms with Crippen LogP contribution in [-0.4, -0.2) is 51.6 Å². The first kappa shape index (κ1) is 36.8. The van der Waals surface area contributed by atoms with Crippen LogP contribution in [0.5, 0.6) is 5.75 Å². The van der Waals surface area contributed by atoms with Gasteiger partial charge in [-0.3, -0.25) is 9.59 Å². The average Bonchev–Trinajstić information content (AvgIpc) is 3.28. The minimum absolute atomic E-state index is 0.104. The Balaban J connectivity index is 2.52. The van der Waals surface area contributed by atoms with Crippen molar-refractivity contribution < 1.29 is 33.7 Å². The van der Waals surface area contributed by atoms with Gasteiger partial charge in [0.05, 0.1) is 17.6 Å². The number of nitrogens with zero attached hydrogens (tertiary/aromatic N) is 3. The summed E-state index contributed by atoms with van der Waals surface area (Å²) in [7, 11) is 1.69. The van der Waals surface area contributed by atoms with Gasteiger partial charge in [0, 0.05) is 42.7 Å². The highest BCUT2D eigenvalue weighted by Crippen LogP contribution is 2.40. The molecule has 0 atom stereocenters. The second kappa shape index (κ2) is 14.1. The summed E-state index contributed by atoms with van der Waals surface area (Å²) < 4.78 is 19.4. The number of imidazole rings is 1. The summed E-state index contributed by atoms with van der Waals surface area (Å²) in [5.74, 6) is -0.525. The number of benzene rings is 1. The SMILES string of the molecule is CCC(CC)(CCn1ccn(CC(=O)c2cc(C(C)(C)C)c(O)c(C(C)(C)C)c2)/c1=N\C(=O)OCOC(=O)C(C)(C)C)OC. The molecule has 0 aliphatic heterocycles. The van der Waals surface area contributed by atoms with E-state index in [1.807, 2.05) is 41.5 Å². The van der Waals surface area contributed by atoms with Gasteiger partial charge in [-0.1, -0.05) is 55.4 Å². The number of aryl methyl sites for hydroxylation is 1. The van der Waals surface area contributed by atoms with Crippen LogP contribution in [0.3, 0.4) is 0 Å². The van der Waals surface area contributed by atoms with Gasteiger partial charge < -0.3 is 28.5 Å². The first-order valence-electron chi connectivity index (χ1n) is 15.3. The number of carbonyl (C=O) groups is 3. The maximum atomic E-state index is 13.8. The number of Topliss-reactive ketones (excluding diaryl/α,β-unsaturated/α-hetero) is 1. The number of carbonyl (C=O) groups excluding carboxylic acids is 3. The molecule has 1 amide bonds. The number of amides is 1. The number of ether oxygens (including phenoxy) is 3. The van der Waals surface area contributed by atoms with Gasteiger partial charge in [-0.05, 0) is 63.0 Å². The van der Waals surface area contributed by atoms with Crippen LogP contribution >= 0.6 is 0 Å². The first-order chi connectivity index (χ1) is 20.2. The van der Waals surface area contributed by atoms with Crippen LogP contribution in [0.15, 0.2) is 29.5 Å². The van der Waals surface area contributed by atoms with E-state index in [-0.39, 0.29) is 29.3 Å². The maximum absolute atomic E-state index is 13.8. The number of aromatic hydroxyl groups is 1. The van der Waals surface area contributed by atoms with E-state index in [2.05, 4.69) is 18.8 Å². The number of esters is 1. The quantitative estimate of drug-likeness (QED) is 0.171. The molecule has 0 spiro atoms. The van der Waals surface area contributed by atoms with E-state index in [9.17, 15) is 19.5 Å². The highest BCUT2D eigenvalue weighted by Gasteiger charge is 2.29. The number of phenols is 1. The Hall–Kier alpha value is -3.40. The summed E-state index contributed by atoms with van der Waals surface area (Å²) in [4.78, 5) is 42.8. The lowest BCUT2D eigenvalue weighted by Crippen LogP contribution is -2.35. The van der Waals surface area contributed by atoms with Gasteiger partial charge in [-0.2, -0.15) is 0 Å². The summed E-state index contributed by atoms with van der Waals surface area (Å²) in [6, 6.07) is 3.49. The van der Waals surface area contributed by atoms with Crippen molar-refractivity contribution in [3.63, 3.8) is 0 Å². The fourth-order valence-corrected chi connectivity index (χ4v) is 4.85. The Bertz CT molecular complexity index is 1350. The van der Waals surface area contributed by atoms with E-state index >= 15 is 0 Å². The van der Waals surface area contributed by atoms with Crippen molar-refractivity contribution in [2.24, 2.45) is 10.4 Å². The molecule has 0 radical (unpaired) electrons. The highest BCUT2D eigenvalue weighted by molar-refractivity contribution is 5.96. The van der Waals surface area contributed by atoms with Crippen molar-refractivity contribution in [3.05, 3.63) is 46.8 Å². The molecule has 246 valence electrons. The van der Waals surface area contributed by atoms with E-state index in [4.69, 9.17) is 14.2 Å². The van der Waals surface area contributed by atoms with E-state index < -0.39 is 35.1 Å². The zero-order chi connectivity index (χ0) is 33.7. The van der Waals surface area contributed by atoms with Crippen LogP contribution in [0.1, 0.15) is 117 Å². The van der Waals surface area contributed by atoms with E-state index in [1.165, 1.54) is 0 Å². The molecule has 10 heteroatoms. The number of hydrogen-bond acceptors (Lipinski definition) is 7. The van der Waals surface area contributed by atoms with Gasteiger partial charge in [-0.15, -0.1) is 4.99 Å². The molecule has 44 heavy (non-hydrogen) atoms. The number of ketones is 1. The summed E-state index contributed by atoms with van der Waals surface area (Å²) in [6.07, 6.45) is 4.78. The Morgan fingerprint density at radius 2 is 1.36 bits per heavy atom. The van der Waals surface area contributed by atoms with Crippen LogP contribution in [0.25, 0.3) is 0 Å². The van der Waals surface area contributed by atoms with Gasteiger partial charge in [0.25, 0.3) is 0 Å². The van der Waals surface area contributed by atoms with Crippen molar-refractivity contribution in [1.29, 1.82) is 0 Å². The van der Waals surface area contributed by atoms with E-state index in [0.717, 1.165) is 12.8 Å². The second-order valence-corrected chi connectivity index (χ2v) is 14.4. The Kier molecular flexibility index (Phi) is 11.8. The van der Waals surface area contributed by atoms with Gasteiger partial charge in [0.2, 0.25) is 12.4 Å². The summed E-state index contributed by atoms with van der Waals surface area (Å²) in [5.41, 5.74) is 0.149. The van der Waals surface area contributed by atoms with Gasteiger partial charge in [0.1, 0.15) is 5.75 Å². The Morgan fingerprint density at radius 1 is 0.841 bits per heavy atom. The number of rotatable bonds is 11. The lowest BCUT2D eigenvalue weighted by Gasteiger charge is -2.30. The molecule has 0 fully saturated rings. The summed E-state index contributed by atoms with van der Waals surface area (Å²) in [5, 5.41) is 11.1. The molecule has 0 saturated heterocycles. The standard InChI is InChI=1S/C34H53N3O7/c1-13-34(14-2,42-12)15-16-36-17-18-37(29(36)35-30(41)44-22-43-28(40)33(9,10)11)21-26(38)23-19-24(31(3,4)5)27(39)25(20-23)32(6,7)8/h17-20,39H,13-16,21-22H2,1-12H3/b35-29-. The third kappa shape index (κ3) is 9.30. The third-order valence-corrected chi connectivity index (χ3v) is 8.01. The number of aromatic nitrogens is 2. The third-order valence-electron chi connectivity index (χ3n) is 8.01. The molecular formula is C34H53N3O7. The molecule has 0 aliphatic carbocycles. The van der Waals surface area contributed by atoms with E-state index in [1.54, 1.807) is 61.5 Å². The second-order valence-electron chi connectivity index (χ2n) is 14.4. The summed E-state index contributed by atoms with van der Waals surface area (Å²) in [6.45, 7) is 21.0. The van der Waals surface area contributed by atoms with Gasteiger partial charge >= 0.3 is 12.1 Å². The molecule has 0 unspecified atom stereocenters. The fraction of sp³-hybridized carbons (Fsp3) is 0.647. The van der Waals surface area contributed by atoms with Crippen LogP contribution in [-0.2, 0) is 42.9 Å². The predicted octanol–water partition coefficient (Wildman–Crippen LogP) is 6.65. The van der Waals surface area contributed by atoms with Crippen molar-refractivity contribution in [3.8, 4) is 5.75 Å². The molecule has 2 rings (SSSR count). The molecule has 1 aromatic heterocycles. The van der Waals surface area contributed by atoms with Crippen LogP contribution in [0.4, 0.5) is 4.79 Å².